The molecule has 1 amide bonds. The van der Waals surface area contributed by atoms with E-state index in [9.17, 15) is 9.90 Å². The van der Waals surface area contributed by atoms with Crippen molar-refractivity contribution >= 4 is 26.1 Å². The van der Waals surface area contributed by atoms with E-state index < -0.39 is 5.41 Å². The molecule has 0 radical (unpaired) electrons. The highest BCUT2D eigenvalue weighted by atomic mass is 31.0. The summed E-state index contributed by atoms with van der Waals surface area (Å²) in [5, 5.41) is 11.3. The van der Waals surface area contributed by atoms with Gasteiger partial charge in [-0.2, -0.15) is 0 Å². The maximum absolute atomic E-state index is 13.5. The summed E-state index contributed by atoms with van der Waals surface area (Å²) >= 11 is 0. The first kappa shape index (κ1) is 21.6. The maximum Gasteiger partial charge on any atom is 0.237 e. The number of anilines is 1. The summed E-state index contributed by atoms with van der Waals surface area (Å²) in [5.41, 5.74) is 5.64. The molecule has 1 N–H and O–H groups in total. The van der Waals surface area contributed by atoms with E-state index in [1.807, 2.05) is 32.2 Å². The molecule has 3 aromatic rings. The van der Waals surface area contributed by atoms with Gasteiger partial charge in [0.15, 0.2) is 0 Å². The summed E-state index contributed by atoms with van der Waals surface area (Å²) in [4.78, 5) is 15.3. The molecular weight excluding hydrogens is 401 g/mol. The zero-order valence-corrected chi connectivity index (χ0v) is 19.8. The van der Waals surface area contributed by atoms with Crippen LogP contribution in [0.15, 0.2) is 60.7 Å². The molecule has 31 heavy (non-hydrogen) atoms. The number of nitrogens with zero attached hydrogens (tertiary/aromatic N) is 1. The van der Waals surface area contributed by atoms with Crippen LogP contribution in [0, 0.1) is 6.92 Å². The smallest absolute Gasteiger partial charge is 0.237 e. The van der Waals surface area contributed by atoms with Gasteiger partial charge in [0, 0.05) is 12.7 Å². The van der Waals surface area contributed by atoms with Crippen molar-refractivity contribution in [2.24, 2.45) is 0 Å². The summed E-state index contributed by atoms with van der Waals surface area (Å²) in [6.45, 7) is 6.26. The molecule has 1 unspecified atom stereocenters. The Labute approximate surface area is 187 Å². The lowest BCUT2D eigenvalue weighted by Crippen LogP contribution is -2.36. The molecule has 4 heteroatoms. The van der Waals surface area contributed by atoms with Crippen LogP contribution in [0.5, 0.6) is 5.75 Å². The third-order valence-corrected chi connectivity index (χ3v) is 7.02. The second-order valence-corrected chi connectivity index (χ2v) is 9.62. The molecule has 1 aliphatic rings. The van der Waals surface area contributed by atoms with Crippen LogP contribution in [0.25, 0.3) is 11.1 Å². The Hall–Kier alpha value is -2.64. The van der Waals surface area contributed by atoms with E-state index in [-0.39, 0.29) is 11.7 Å². The number of hydrogen-bond acceptors (Lipinski definition) is 2. The Kier molecular flexibility index (Phi) is 5.66. The highest BCUT2D eigenvalue weighted by Gasteiger charge is 2.52. The molecule has 4 rings (SSSR count). The number of amides is 1. The zero-order chi connectivity index (χ0) is 22.3. The fourth-order valence-corrected chi connectivity index (χ4v) is 4.51. The number of aromatic hydroxyl groups is 1. The lowest BCUT2D eigenvalue weighted by Gasteiger charge is -2.25. The lowest BCUT2D eigenvalue weighted by atomic mass is 9.92. The average Bonchev–Trinajstić information content (AvgIpc) is 3.57. The number of benzene rings is 3. The molecule has 1 fully saturated rings. The molecule has 3 nitrogen and oxygen atoms in total. The van der Waals surface area contributed by atoms with Crippen LogP contribution >= 0.6 is 9.24 Å². The molecule has 0 spiro atoms. The van der Waals surface area contributed by atoms with E-state index in [1.54, 1.807) is 11.0 Å². The van der Waals surface area contributed by atoms with Crippen LogP contribution in [0.2, 0.25) is 0 Å². The van der Waals surface area contributed by atoms with Crippen molar-refractivity contribution in [1.29, 1.82) is 0 Å². The summed E-state index contributed by atoms with van der Waals surface area (Å²) in [5.74, 6) is 0.786. The van der Waals surface area contributed by atoms with Crippen molar-refractivity contribution in [2.45, 2.75) is 44.9 Å². The molecule has 1 atom stereocenters. The van der Waals surface area contributed by atoms with Crippen molar-refractivity contribution in [3.05, 3.63) is 77.4 Å². The minimum absolute atomic E-state index is 0.0779. The van der Waals surface area contributed by atoms with E-state index in [1.165, 1.54) is 5.56 Å². The quantitative estimate of drug-likeness (QED) is 0.528. The van der Waals surface area contributed by atoms with E-state index in [0.29, 0.717) is 5.92 Å². The highest BCUT2D eigenvalue weighted by Crippen LogP contribution is 2.50. The first-order valence-electron chi connectivity index (χ1n) is 10.8. The predicted molar refractivity (Wildman–Crippen MR) is 132 cm³/mol. The van der Waals surface area contributed by atoms with Gasteiger partial charge in [-0.1, -0.05) is 56.3 Å². The number of phenolic OH excluding ortho intramolecular Hbond substituents is 1. The molecule has 160 valence electrons. The summed E-state index contributed by atoms with van der Waals surface area (Å²) in [7, 11) is 4.66. The molecule has 1 aliphatic carbocycles. The van der Waals surface area contributed by atoms with Gasteiger partial charge in [-0.05, 0) is 77.0 Å². The molecule has 3 aromatic carbocycles. The van der Waals surface area contributed by atoms with Crippen LogP contribution in [-0.4, -0.2) is 18.1 Å². The number of likely N-dealkylation sites (N-methyl/N-ethyl adjacent to an activating group) is 1. The van der Waals surface area contributed by atoms with Crippen LogP contribution in [-0.2, 0) is 10.2 Å². The van der Waals surface area contributed by atoms with Gasteiger partial charge >= 0.3 is 0 Å². The second kappa shape index (κ2) is 8.13. The molecule has 0 aliphatic heterocycles. The van der Waals surface area contributed by atoms with Crippen LogP contribution in [0.1, 0.15) is 49.3 Å². The van der Waals surface area contributed by atoms with Crippen molar-refractivity contribution in [2.75, 3.05) is 11.9 Å². The van der Waals surface area contributed by atoms with Crippen molar-refractivity contribution in [3.8, 4) is 16.9 Å². The third-order valence-electron chi connectivity index (χ3n) is 6.51. The minimum Gasteiger partial charge on any atom is -0.508 e. The first-order chi connectivity index (χ1) is 14.7. The Balaban J connectivity index is 1.67. The molecule has 0 bridgehead atoms. The van der Waals surface area contributed by atoms with Crippen molar-refractivity contribution < 1.29 is 9.90 Å². The first-order valence-corrected chi connectivity index (χ1v) is 11.4. The van der Waals surface area contributed by atoms with E-state index >= 15 is 0 Å². The Morgan fingerprint density at radius 2 is 1.81 bits per heavy atom. The fourth-order valence-electron chi connectivity index (χ4n) is 4.16. The average molecular weight is 432 g/mol. The largest absolute Gasteiger partial charge is 0.508 e. The Morgan fingerprint density at radius 3 is 2.45 bits per heavy atom. The Morgan fingerprint density at radius 1 is 1.06 bits per heavy atom. The second-order valence-electron chi connectivity index (χ2n) is 9.00. The number of carbonyl (C=O) groups is 1. The van der Waals surface area contributed by atoms with E-state index in [0.717, 1.165) is 46.1 Å². The van der Waals surface area contributed by atoms with Gasteiger partial charge in [0.1, 0.15) is 5.75 Å². The summed E-state index contributed by atoms with van der Waals surface area (Å²) in [6, 6.07) is 20.4. The standard InChI is InChI=1S/C27H30NO2P/c1-17(2)19-6-5-7-20(14-19)23-16-22(10-11-25(23)31)28(4)26(30)27(12-13-27)21-9-8-18(3)24(29)15-21/h5-11,14-17,29H,12-13,31H2,1-4H3. The van der Waals surface area contributed by atoms with Gasteiger partial charge in [0.2, 0.25) is 5.91 Å². The van der Waals surface area contributed by atoms with E-state index in [4.69, 9.17) is 0 Å². The number of aryl methyl sites for hydroxylation is 1. The van der Waals surface area contributed by atoms with Gasteiger partial charge in [0.05, 0.1) is 5.41 Å². The number of hydrogen-bond donors (Lipinski definition) is 1. The van der Waals surface area contributed by atoms with Crippen molar-refractivity contribution in [3.63, 3.8) is 0 Å². The molecule has 1 saturated carbocycles. The van der Waals surface area contributed by atoms with E-state index in [2.05, 4.69) is 59.5 Å². The minimum atomic E-state index is -0.530. The van der Waals surface area contributed by atoms with Gasteiger partial charge in [0.25, 0.3) is 0 Å². The zero-order valence-electron chi connectivity index (χ0n) is 18.6. The van der Waals surface area contributed by atoms with Crippen LogP contribution < -0.4 is 10.2 Å². The molecule has 0 heterocycles. The molecular formula is C27H30NO2P. The SMILES string of the molecule is Cc1ccc(C2(C(=O)N(C)c3ccc(P)c(-c4cccc(C(C)C)c4)c3)CC2)cc1O. The fraction of sp³-hybridized carbons (Fsp3) is 0.296. The third kappa shape index (κ3) is 4.00. The lowest BCUT2D eigenvalue weighted by molar-refractivity contribution is -0.120. The van der Waals surface area contributed by atoms with Gasteiger partial charge < -0.3 is 10.0 Å². The number of carbonyl (C=O) groups excluding carboxylic acids is 1. The molecule has 0 saturated heterocycles. The summed E-state index contributed by atoms with van der Waals surface area (Å²) < 4.78 is 0. The normalized spacial score (nSPS) is 14.5. The number of rotatable bonds is 5. The van der Waals surface area contributed by atoms with Crippen LogP contribution in [0.4, 0.5) is 5.69 Å². The van der Waals surface area contributed by atoms with Gasteiger partial charge in [-0.15, -0.1) is 9.24 Å². The monoisotopic (exact) mass is 431 g/mol. The van der Waals surface area contributed by atoms with Gasteiger partial charge in [-0.3, -0.25) is 4.79 Å². The maximum atomic E-state index is 13.5. The Bertz CT molecular complexity index is 1150. The molecule has 0 aromatic heterocycles. The number of phenols is 1. The van der Waals surface area contributed by atoms with Crippen LogP contribution in [0.3, 0.4) is 0 Å². The highest BCUT2D eigenvalue weighted by molar-refractivity contribution is 7.28. The topological polar surface area (TPSA) is 40.5 Å². The van der Waals surface area contributed by atoms with Crippen molar-refractivity contribution in [1.82, 2.24) is 0 Å². The summed E-state index contributed by atoms with van der Waals surface area (Å²) in [6.07, 6.45) is 1.62. The van der Waals surface area contributed by atoms with Gasteiger partial charge in [-0.25, -0.2) is 0 Å². The predicted octanol–water partition coefficient (Wildman–Crippen LogP) is 5.69.